The van der Waals surface area contributed by atoms with Crippen molar-refractivity contribution in [1.82, 2.24) is 15.0 Å². The maximum Gasteiger partial charge on any atom is 0.252 e. The third-order valence-electron chi connectivity index (χ3n) is 15.5. The molecule has 0 radical (unpaired) electrons. The van der Waals surface area contributed by atoms with Gasteiger partial charge in [0.2, 0.25) is 0 Å². The molecule has 0 amide bonds. The van der Waals surface area contributed by atoms with Gasteiger partial charge in [0.15, 0.2) is 0 Å². The number of fused-ring (bicyclic) bond motifs is 8. The lowest BCUT2D eigenvalue weighted by Gasteiger charge is -2.45. The number of nitrogens with zero attached hydrogens (tertiary/aromatic N) is 6. The quantitative estimate of drug-likeness (QED) is 0.148. The van der Waals surface area contributed by atoms with Crippen LogP contribution < -0.4 is 31.1 Å². The van der Waals surface area contributed by atoms with Gasteiger partial charge in [-0.25, -0.2) is 0 Å². The fraction of sp³-hybridized carbons (Fsp3) is 0.118. The van der Waals surface area contributed by atoms with Gasteiger partial charge in [0, 0.05) is 67.5 Å². The maximum absolute atomic E-state index is 6.54. The van der Waals surface area contributed by atoms with Gasteiger partial charge < -0.3 is 19.1 Å². The third-order valence-corrected chi connectivity index (χ3v) is 15.5. The van der Waals surface area contributed by atoms with Gasteiger partial charge in [0.1, 0.15) is 22.2 Å². The molecule has 2 aromatic heterocycles. The van der Waals surface area contributed by atoms with Crippen molar-refractivity contribution in [3.63, 3.8) is 0 Å². The van der Waals surface area contributed by atoms with E-state index in [-0.39, 0.29) is 17.5 Å². The Labute approximate surface area is 444 Å². The molecule has 0 unspecified atom stereocenters. The molecule has 14 rings (SSSR count). The van der Waals surface area contributed by atoms with Gasteiger partial charge in [-0.3, -0.25) is 0 Å². The van der Waals surface area contributed by atoms with Crippen molar-refractivity contribution in [2.75, 3.05) is 14.7 Å². The highest BCUT2D eigenvalue weighted by molar-refractivity contribution is 7.00. The second-order valence-corrected chi connectivity index (χ2v) is 22.4. The van der Waals surface area contributed by atoms with E-state index in [0.717, 1.165) is 101 Å². The van der Waals surface area contributed by atoms with Crippen molar-refractivity contribution >= 4 is 107 Å². The standard InChI is InChI=1S/C68H55BN6O/c1-67(2,3)45-31-35-50(36-32-45)72(49-33-29-44(30-34-49)53-26-18-27-55-54-25-16-17-28-64(54)76-66(53)55)52-37-38-56-60(41-52)73(47-19-10-7-11-20-47)62-39-46(68(4,5)6)40-63-65(62)69(56)57-42-58-59(71-75(70-58)51-23-14-9-15-24-51)43-61(57)74(63)48-21-12-8-13-22-48/h7-43H,1-6H3. The second kappa shape index (κ2) is 17.2. The van der Waals surface area contributed by atoms with E-state index in [2.05, 4.69) is 250 Å². The minimum Gasteiger partial charge on any atom is -0.455 e. The van der Waals surface area contributed by atoms with Crippen LogP contribution in [0, 0.1) is 0 Å². The minimum atomic E-state index is -0.172. The molecule has 366 valence electrons. The maximum atomic E-state index is 6.54. The topological polar surface area (TPSA) is 53.6 Å². The summed E-state index contributed by atoms with van der Waals surface area (Å²) in [7, 11) is 0. The number of hydrogen-bond donors (Lipinski definition) is 0. The molecule has 7 nitrogen and oxygen atoms in total. The summed E-state index contributed by atoms with van der Waals surface area (Å²) in [5, 5.41) is 12.5. The molecule has 0 N–H and O–H groups in total. The van der Waals surface area contributed by atoms with Crippen LogP contribution in [0.25, 0.3) is 49.8 Å². The van der Waals surface area contributed by atoms with Gasteiger partial charge in [-0.1, -0.05) is 163 Å². The Morgan fingerprint density at radius 1 is 0.421 bits per heavy atom. The van der Waals surface area contributed by atoms with Crippen LogP contribution in [0.3, 0.4) is 0 Å². The molecule has 10 aromatic carbocycles. The van der Waals surface area contributed by atoms with Crippen molar-refractivity contribution < 1.29 is 4.42 Å². The largest absolute Gasteiger partial charge is 0.455 e. The van der Waals surface area contributed by atoms with E-state index in [1.54, 1.807) is 4.80 Å². The molecule has 0 bridgehead atoms. The zero-order chi connectivity index (χ0) is 51.5. The van der Waals surface area contributed by atoms with Gasteiger partial charge in [0.25, 0.3) is 6.71 Å². The molecule has 0 spiro atoms. The van der Waals surface area contributed by atoms with Crippen LogP contribution in [0.2, 0.25) is 0 Å². The predicted octanol–water partition coefficient (Wildman–Crippen LogP) is 16.1. The Kier molecular flexibility index (Phi) is 10.3. The Bertz CT molecular complexity index is 4190. The number of rotatable bonds is 7. The fourth-order valence-electron chi connectivity index (χ4n) is 11.7. The monoisotopic (exact) mass is 982 g/mol. The first-order valence-corrected chi connectivity index (χ1v) is 26.4. The summed E-state index contributed by atoms with van der Waals surface area (Å²) in [6.07, 6.45) is 0. The van der Waals surface area contributed by atoms with Crippen LogP contribution in [0.1, 0.15) is 52.7 Å². The lowest BCUT2D eigenvalue weighted by Crippen LogP contribution is -2.61. The molecule has 4 heterocycles. The first-order valence-electron chi connectivity index (χ1n) is 26.4. The molecule has 0 aliphatic carbocycles. The number of aromatic nitrogens is 3. The van der Waals surface area contributed by atoms with E-state index in [1.165, 1.54) is 27.5 Å². The molecule has 2 aliphatic heterocycles. The molecule has 0 atom stereocenters. The van der Waals surface area contributed by atoms with E-state index in [9.17, 15) is 0 Å². The van der Waals surface area contributed by atoms with E-state index in [0.29, 0.717) is 0 Å². The molecule has 0 saturated heterocycles. The van der Waals surface area contributed by atoms with Crippen LogP contribution in [-0.4, -0.2) is 21.7 Å². The van der Waals surface area contributed by atoms with E-state index >= 15 is 0 Å². The zero-order valence-electron chi connectivity index (χ0n) is 43.5. The Balaban J connectivity index is 1.00. The predicted molar refractivity (Wildman–Crippen MR) is 318 cm³/mol. The lowest BCUT2D eigenvalue weighted by atomic mass is 9.33. The summed E-state index contributed by atoms with van der Waals surface area (Å²) in [5.41, 5.74) is 22.5. The first-order chi connectivity index (χ1) is 36.9. The minimum absolute atomic E-state index is 0.00343. The smallest absolute Gasteiger partial charge is 0.252 e. The molecular formula is C68H55BN6O. The molecule has 8 heteroatoms. The highest BCUT2D eigenvalue weighted by Gasteiger charge is 2.45. The fourth-order valence-corrected chi connectivity index (χ4v) is 11.7. The summed E-state index contributed by atoms with van der Waals surface area (Å²) in [5.74, 6) is 0. The van der Waals surface area contributed by atoms with E-state index in [1.807, 2.05) is 30.3 Å². The van der Waals surface area contributed by atoms with Gasteiger partial charge in [-0.2, -0.15) is 4.80 Å². The van der Waals surface area contributed by atoms with Crippen molar-refractivity contribution in [2.45, 2.75) is 52.4 Å². The van der Waals surface area contributed by atoms with Crippen molar-refractivity contribution in [3.05, 3.63) is 236 Å². The molecule has 2 aliphatic rings. The summed E-state index contributed by atoms with van der Waals surface area (Å²) in [6, 6.07) is 81.3. The summed E-state index contributed by atoms with van der Waals surface area (Å²) in [6.45, 7) is 13.6. The zero-order valence-corrected chi connectivity index (χ0v) is 43.5. The second-order valence-electron chi connectivity index (χ2n) is 22.4. The third kappa shape index (κ3) is 7.42. The Morgan fingerprint density at radius 3 is 1.57 bits per heavy atom. The number of anilines is 9. The van der Waals surface area contributed by atoms with E-state index < -0.39 is 0 Å². The van der Waals surface area contributed by atoms with Crippen LogP contribution >= 0.6 is 0 Å². The van der Waals surface area contributed by atoms with Gasteiger partial charge in [-0.15, -0.1) is 10.2 Å². The van der Waals surface area contributed by atoms with Gasteiger partial charge >= 0.3 is 0 Å². The Morgan fingerprint density at radius 2 is 0.947 bits per heavy atom. The van der Waals surface area contributed by atoms with Crippen LogP contribution in [0.15, 0.2) is 229 Å². The number of hydrogen-bond acceptors (Lipinski definition) is 6. The first kappa shape index (κ1) is 45.5. The average Bonchev–Trinajstić information content (AvgIpc) is 4.17. The van der Waals surface area contributed by atoms with E-state index in [4.69, 9.17) is 14.6 Å². The molecule has 0 saturated carbocycles. The average molecular weight is 983 g/mol. The van der Waals surface area contributed by atoms with Crippen LogP contribution in [0.5, 0.6) is 0 Å². The summed E-state index contributed by atoms with van der Waals surface area (Å²) < 4.78 is 6.54. The van der Waals surface area contributed by atoms with Crippen molar-refractivity contribution in [1.29, 1.82) is 0 Å². The van der Waals surface area contributed by atoms with Crippen LogP contribution in [-0.2, 0) is 10.8 Å². The SMILES string of the molecule is CC(C)(C)c1ccc(N(c2ccc(-c3cccc4c3oc3ccccc34)cc2)c2ccc3c(c2)N(c2ccccc2)c2cc(C(C)(C)C)cc4c2B3c2cc3nn(-c5ccccc5)nc3cc2N4c2ccccc2)cc1. The van der Waals surface area contributed by atoms with Crippen LogP contribution in [0.4, 0.5) is 51.2 Å². The molecular weight excluding hydrogens is 928 g/mol. The summed E-state index contributed by atoms with van der Waals surface area (Å²) >= 11 is 0. The Hall–Kier alpha value is -9.14. The van der Waals surface area contributed by atoms with Crippen molar-refractivity contribution in [2.24, 2.45) is 0 Å². The lowest BCUT2D eigenvalue weighted by molar-refractivity contribution is 0.590. The van der Waals surface area contributed by atoms with Gasteiger partial charge in [0.05, 0.1) is 5.69 Å². The molecule has 76 heavy (non-hydrogen) atoms. The molecule has 12 aromatic rings. The normalized spacial score (nSPS) is 13.1. The highest BCUT2D eigenvalue weighted by Crippen LogP contribution is 2.48. The number of para-hydroxylation sites is 5. The summed E-state index contributed by atoms with van der Waals surface area (Å²) in [4.78, 5) is 9.15. The highest BCUT2D eigenvalue weighted by atomic mass is 16.3. The molecule has 0 fully saturated rings. The number of furan rings is 1. The number of benzene rings is 10. The van der Waals surface area contributed by atoms with Gasteiger partial charge in [-0.05, 0) is 147 Å². The van der Waals surface area contributed by atoms with Crippen molar-refractivity contribution in [3.8, 4) is 16.8 Å².